The van der Waals surface area contributed by atoms with Crippen LogP contribution in [0.25, 0.3) is 0 Å². The molecule has 0 saturated carbocycles. The highest BCUT2D eigenvalue weighted by Gasteiger charge is 2.29. The van der Waals surface area contributed by atoms with E-state index in [4.69, 9.17) is 4.98 Å². The Bertz CT molecular complexity index is 1020. The summed E-state index contributed by atoms with van der Waals surface area (Å²) in [4.78, 5) is 21.7. The van der Waals surface area contributed by atoms with Gasteiger partial charge >= 0.3 is 6.03 Å². The molecule has 0 radical (unpaired) electrons. The highest BCUT2D eigenvalue weighted by molar-refractivity contribution is 7.09. The molecule has 7 heteroatoms. The first-order chi connectivity index (χ1) is 14.5. The zero-order chi connectivity index (χ0) is 21.1. The molecule has 1 aliphatic rings. The molecule has 0 aliphatic carbocycles. The molecule has 0 bridgehead atoms. The van der Waals surface area contributed by atoms with Gasteiger partial charge in [0, 0.05) is 49.3 Å². The van der Waals surface area contributed by atoms with Gasteiger partial charge in [-0.05, 0) is 43.5 Å². The molecular weight excluding hydrogens is 394 g/mol. The van der Waals surface area contributed by atoms with Gasteiger partial charge in [0.2, 0.25) is 5.13 Å². The van der Waals surface area contributed by atoms with Gasteiger partial charge in [-0.3, -0.25) is 0 Å². The minimum atomic E-state index is -0.0436. The van der Waals surface area contributed by atoms with Crippen molar-refractivity contribution in [3.05, 3.63) is 71.0 Å². The van der Waals surface area contributed by atoms with E-state index in [-0.39, 0.29) is 12.1 Å². The molecule has 6 nitrogen and oxygen atoms in total. The van der Waals surface area contributed by atoms with Gasteiger partial charge in [0.25, 0.3) is 0 Å². The van der Waals surface area contributed by atoms with E-state index in [9.17, 15) is 4.79 Å². The van der Waals surface area contributed by atoms with Gasteiger partial charge < -0.3 is 15.1 Å². The Labute approximate surface area is 181 Å². The standard InChI is InChI=1S/C23H27N5OS/c1-16-8-7-11-20(18(16)3)24-22(29)28-13-12-27(15-17(28)2)23-25-21(26-30-23)14-19-9-5-4-6-10-19/h4-11,17H,12-15H2,1-3H3,(H,24,29)/t17-/m1/s1. The summed E-state index contributed by atoms with van der Waals surface area (Å²) in [6.07, 6.45) is 0.741. The molecule has 2 amide bonds. The number of nitrogens with one attached hydrogen (secondary N) is 1. The van der Waals surface area contributed by atoms with Gasteiger partial charge in [-0.1, -0.05) is 42.5 Å². The number of carbonyl (C=O) groups excluding carboxylic acids is 1. The number of aryl methyl sites for hydroxylation is 1. The number of rotatable bonds is 4. The highest BCUT2D eigenvalue weighted by atomic mass is 32.1. The summed E-state index contributed by atoms with van der Waals surface area (Å²) < 4.78 is 4.54. The average molecular weight is 422 g/mol. The zero-order valence-electron chi connectivity index (χ0n) is 17.6. The third kappa shape index (κ3) is 4.46. The normalized spacial score (nSPS) is 16.6. The zero-order valence-corrected chi connectivity index (χ0v) is 18.4. The fraction of sp³-hybridized carbons (Fsp3) is 0.348. The van der Waals surface area contributed by atoms with Crippen LogP contribution in [0.2, 0.25) is 0 Å². The van der Waals surface area contributed by atoms with Crippen molar-refractivity contribution < 1.29 is 4.79 Å². The molecule has 0 unspecified atom stereocenters. The molecule has 30 heavy (non-hydrogen) atoms. The van der Waals surface area contributed by atoms with Gasteiger partial charge in [0.15, 0.2) is 0 Å². The molecule has 1 fully saturated rings. The lowest BCUT2D eigenvalue weighted by Gasteiger charge is -2.39. The van der Waals surface area contributed by atoms with Crippen LogP contribution in [0.4, 0.5) is 15.6 Å². The topological polar surface area (TPSA) is 61.4 Å². The largest absolute Gasteiger partial charge is 0.343 e. The minimum Gasteiger partial charge on any atom is -0.343 e. The number of anilines is 2. The molecule has 1 saturated heterocycles. The van der Waals surface area contributed by atoms with Crippen LogP contribution < -0.4 is 10.2 Å². The van der Waals surface area contributed by atoms with Gasteiger partial charge in [0.05, 0.1) is 0 Å². The molecule has 4 rings (SSSR count). The van der Waals surface area contributed by atoms with Gasteiger partial charge in [-0.15, -0.1) is 0 Å². The highest BCUT2D eigenvalue weighted by Crippen LogP contribution is 2.24. The molecule has 1 atom stereocenters. The Kier molecular flexibility index (Phi) is 5.99. The number of hydrogen-bond acceptors (Lipinski definition) is 5. The summed E-state index contributed by atoms with van der Waals surface area (Å²) in [5.41, 5.74) is 4.37. The summed E-state index contributed by atoms with van der Waals surface area (Å²) in [5.74, 6) is 0.851. The predicted molar refractivity (Wildman–Crippen MR) is 122 cm³/mol. The first-order valence-electron chi connectivity index (χ1n) is 10.3. The van der Waals surface area contributed by atoms with Crippen molar-refractivity contribution >= 4 is 28.4 Å². The van der Waals surface area contributed by atoms with Crippen LogP contribution in [0.15, 0.2) is 48.5 Å². The fourth-order valence-electron chi connectivity index (χ4n) is 3.73. The van der Waals surface area contributed by atoms with Crippen molar-refractivity contribution in [1.82, 2.24) is 14.3 Å². The SMILES string of the molecule is Cc1cccc(NC(=O)N2CCN(c3nc(Cc4ccccc4)ns3)C[C@H]2C)c1C. The molecule has 2 aromatic carbocycles. The van der Waals surface area contributed by atoms with Crippen LogP contribution in [0.5, 0.6) is 0 Å². The summed E-state index contributed by atoms with van der Waals surface area (Å²) in [7, 11) is 0. The summed E-state index contributed by atoms with van der Waals surface area (Å²) in [5, 5.41) is 4.01. The first-order valence-corrected chi connectivity index (χ1v) is 11.0. The summed E-state index contributed by atoms with van der Waals surface area (Å²) in [6.45, 7) is 8.34. The van der Waals surface area contributed by atoms with Crippen LogP contribution in [-0.2, 0) is 6.42 Å². The monoisotopic (exact) mass is 421 g/mol. The van der Waals surface area contributed by atoms with Crippen LogP contribution >= 0.6 is 11.5 Å². The maximum atomic E-state index is 12.9. The molecule has 156 valence electrons. The molecular formula is C23H27N5OS. The fourth-order valence-corrected chi connectivity index (χ4v) is 4.45. The van der Waals surface area contributed by atoms with Gasteiger partial charge in [-0.2, -0.15) is 4.37 Å². The number of hydrogen-bond donors (Lipinski definition) is 1. The van der Waals surface area contributed by atoms with Gasteiger partial charge in [0.1, 0.15) is 5.82 Å². The minimum absolute atomic E-state index is 0.0436. The Morgan fingerprint density at radius 1 is 1.13 bits per heavy atom. The third-order valence-electron chi connectivity index (χ3n) is 5.67. The van der Waals surface area contributed by atoms with E-state index in [1.807, 2.05) is 42.2 Å². The Morgan fingerprint density at radius 3 is 2.70 bits per heavy atom. The van der Waals surface area contributed by atoms with E-state index in [1.165, 1.54) is 22.7 Å². The van der Waals surface area contributed by atoms with Crippen molar-refractivity contribution in [2.45, 2.75) is 33.2 Å². The number of benzene rings is 2. The molecule has 2 heterocycles. The quantitative estimate of drug-likeness (QED) is 0.674. The Hall–Kier alpha value is -2.93. The first kappa shape index (κ1) is 20.3. The van der Waals surface area contributed by atoms with Crippen molar-refractivity contribution in [2.24, 2.45) is 0 Å². The molecule has 3 aromatic rings. The summed E-state index contributed by atoms with van der Waals surface area (Å²) in [6, 6.07) is 16.3. The van der Waals surface area contributed by atoms with E-state index in [1.54, 1.807) is 0 Å². The molecule has 1 aliphatic heterocycles. The van der Waals surface area contributed by atoms with E-state index in [0.29, 0.717) is 6.54 Å². The number of piperazine rings is 1. The Balaban J connectivity index is 1.37. The predicted octanol–water partition coefficient (Wildman–Crippen LogP) is 4.49. The van der Waals surface area contributed by atoms with Crippen LogP contribution in [0.3, 0.4) is 0 Å². The van der Waals surface area contributed by atoms with Gasteiger partial charge in [-0.25, -0.2) is 9.78 Å². The van der Waals surface area contributed by atoms with E-state index < -0.39 is 0 Å². The number of aromatic nitrogens is 2. The van der Waals surface area contributed by atoms with Crippen LogP contribution in [0.1, 0.15) is 29.4 Å². The smallest absolute Gasteiger partial charge is 0.322 e. The van der Waals surface area contributed by atoms with Crippen molar-refractivity contribution in [3.63, 3.8) is 0 Å². The number of nitrogens with zero attached hydrogens (tertiary/aromatic N) is 4. The average Bonchev–Trinajstić information content (AvgIpc) is 3.20. The van der Waals surface area contributed by atoms with Crippen LogP contribution in [-0.4, -0.2) is 46.0 Å². The lowest BCUT2D eigenvalue weighted by atomic mass is 10.1. The third-order valence-corrected chi connectivity index (χ3v) is 6.48. The van der Waals surface area contributed by atoms with Crippen molar-refractivity contribution in [3.8, 4) is 0 Å². The van der Waals surface area contributed by atoms with Crippen molar-refractivity contribution in [1.29, 1.82) is 0 Å². The maximum absolute atomic E-state index is 12.9. The lowest BCUT2D eigenvalue weighted by Crippen LogP contribution is -2.55. The van der Waals surface area contributed by atoms with E-state index >= 15 is 0 Å². The van der Waals surface area contributed by atoms with E-state index in [0.717, 1.165) is 41.7 Å². The van der Waals surface area contributed by atoms with Crippen molar-refractivity contribution in [2.75, 3.05) is 29.9 Å². The number of urea groups is 1. The summed E-state index contributed by atoms with van der Waals surface area (Å²) >= 11 is 1.44. The maximum Gasteiger partial charge on any atom is 0.322 e. The molecule has 1 N–H and O–H groups in total. The lowest BCUT2D eigenvalue weighted by molar-refractivity contribution is 0.185. The van der Waals surface area contributed by atoms with E-state index in [2.05, 4.69) is 46.6 Å². The van der Waals surface area contributed by atoms with Crippen LogP contribution in [0, 0.1) is 13.8 Å². The molecule has 0 spiro atoms. The Morgan fingerprint density at radius 2 is 1.93 bits per heavy atom. The molecule has 1 aromatic heterocycles. The second-order valence-electron chi connectivity index (χ2n) is 7.82. The number of carbonyl (C=O) groups is 1. The second kappa shape index (κ2) is 8.83. The second-order valence-corrected chi connectivity index (χ2v) is 8.55. The number of amides is 2.